The minimum absolute atomic E-state index is 0.128. The van der Waals surface area contributed by atoms with Crippen molar-refractivity contribution < 1.29 is 18.7 Å². The van der Waals surface area contributed by atoms with E-state index in [-0.39, 0.29) is 11.3 Å². The number of methoxy groups -OCH3 is 1. The lowest BCUT2D eigenvalue weighted by molar-refractivity contribution is -0.120. The summed E-state index contributed by atoms with van der Waals surface area (Å²) in [7, 11) is 1.55. The zero-order valence-corrected chi connectivity index (χ0v) is 18.1. The fourth-order valence-corrected chi connectivity index (χ4v) is 3.62. The summed E-state index contributed by atoms with van der Waals surface area (Å²) in [6.07, 6.45) is 0. The van der Waals surface area contributed by atoms with Crippen molar-refractivity contribution in [1.29, 1.82) is 0 Å². The van der Waals surface area contributed by atoms with Crippen molar-refractivity contribution >= 4 is 28.8 Å². The molecular weight excluding hydrogens is 407 g/mol. The number of hydrogen-bond donors (Lipinski definition) is 1. The molecule has 1 aliphatic rings. The first kappa shape index (κ1) is 21.3. The topological polar surface area (TPSA) is 58.6 Å². The van der Waals surface area contributed by atoms with E-state index < -0.39 is 17.6 Å². The van der Waals surface area contributed by atoms with Crippen LogP contribution in [0.5, 0.6) is 5.75 Å². The second-order valence-corrected chi connectivity index (χ2v) is 7.81. The third-order valence-electron chi connectivity index (χ3n) is 5.37. The Labute approximate surface area is 186 Å². The molecule has 6 heteroatoms. The smallest absolute Gasteiger partial charge is 0.282 e. The van der Waals surface area contributed by atoms with Crippen LogP contribution in [0.25, 0.3) is 5.57 Å². The SMILES string of the molecule is COc1cccc(NC2=C(c3ccc(F)cc3)C(=O)N(c3ccc(C(C)C)cc3)C2=O)c1. The van der Waals surface area contributed by atoms with Crippen molar-refractivity contribution in [3.8, 4) is 5.75 Å². The quantitative estimate of drug-likeness (QED) is 0.536. The predicted octanol–water partition coefficient (Wildman–Crippen LogP) is 5.35. The molecule has 0 radical (unpaired) electrons. The highest BCUT2D eigenvalue weighted by molar-refractivity contribution is 6.46. The molecule has 1 aliphatic heterocycles. The molecule has 162 valence electrons. The molecular formula is C26H23FN2O3. The molecule has 3 aromatic carbocycles. The molecule has 2 amide bonds. The number of rotatable bonds is 6. The Bertz CT molecular complexity index is 1200. The third kappa shape index (κ3) is 3.99. The molecule has 0 spiro atoms. The molecule has 4 rings (SSSR count). The lowest BCUT2D eigenvalue weighted by atomic mass is 10.0. The molecule has 0 fully saturated rings. The Morgan fingerprint density at radius 3 is 2.22 bits per heavy atom. The van der Waals surface area contributed by atoms with Crippen molar-refractivity contribution in [2.45, 2.75) is 19.8 Å². The van der Waals surface area contributed by atoms with Crippen molar-refractivity contribution in [2.75, 3.05) is 17.3 Å². The zero-order chi connectivity index (χ0) is 22.8. The maximum atomic E-state index is 13.5. The lowest BCUT2D eigenvalue weighted by Crippen LogP contribution is -2.32. The fourth-order valence-electron chi connectivity index (χ4n) is 3.62. The average molecular weight is 430 g/mol. The predicted molar refractivity (Wildman–Crippen MR) is 123 cm³/mol. The van der Waals surface area contributed by atoms with Crippen LogP contribution in [-0.2, 0) is 9.59 Å². The van der Waals surface area contributed by atoms with Gasteiger partial charge in [0.15, 0.2) is 0 Å². The highest BCUT2D eigenvalue weighted by Crippen LogP contribution is 2.34. The number of ether oxygens (including phenoxy) is 1. The van der Waals surface area contributed by atoms with Crippen LogP contribution in [0, 0.1) is 5.82 Å². The molecule has 1 N–H and O–H groups in total. The second kappa shape index (κ2) is 8.67. The van der Waals surface area contributed by atoms with E-state index in [4.69, 9.17) is 4.74 Å². The van der Waals surface area contributed by atoms with Gasteiger partial charge >= 0.3 is 0 Å². The summed E-state index contributed by atoms with van der Waals surface area (Å²) in [6, 6.07) is 19.9. The van der Waals surface area contributed by atoms with Crippen LogP contribution in [-0.4, -0.2) is 18.9 Å². The average Bonchev–Trinajstić information content (AvgIpc) is 3.04. The van der Waals surface area contributed by atoms with E-state index in [0.29, 0.717) is 28.6 Å². The van der Waals surface area contributed by atoms with Crippen LogP contribution in [0.2, 0.25) is 0 Å². The molecule has 0 aliphatic carbocycles. The van der Waals surface area contributed by atoms with Crippen LogP contribution < -0.4 is 15.0 Å². The molecule has 0 unspecified atom stereocenters. The van der Waals surface area contributed by atoms with E-state index in [1.165, 1.54) is 24.3 Å². The van der Waals surface area contributed by atoms with Gasteiger partial charge in [0.05, 0.1) is 18.4 Å². The van der Waals surface area contributed by atoms with Crippen molar-refractivity contribution in [2.24, 2.45) is 0 Å². The number of amides is 2. The molecule has 3 aromatic rings. The van der Waals surface area contributed by atoms with Gasteiger partial charge in [-0.1, -0.05) is 44.2 Å². The van der Waals surface area contributed by atoms with Gasteiger partial charge in [-0.3, -0.25) is 9.59 Å². The molecule has 0 bridgehead atoms. The highest BCUT2D eigenvalue weighted by atomic mass is 19.1. The van der Waals surface area contributed by atoms with E-state index in [9.17, 15) is 14.0 Å². The number of carbonyl (C=O) groups is 2. The summed E-state index contributed by atoms with van der Waals surface area (Å²) in [5.74, 6) is -0.433. The molecule has 5 nitrogen and oxygen atoms in total. The summed E-state index contributed by atoms with van der Waals surface area (Å²) in [5.41, 5.74) is 2.95. The van der Waals surface area contributed by atoms with Crippen LogP contribution in [0.3, 0.4) is 0 Å². The first-order valence-electron chi connectivity index (χ1n) is 10.3. The van der Waals surface area contributed by atoms with Crippen LogP contribution >= 0.6 is 0 Å². The third-order valence-corrected chi connectivity index (χ3v) is 5.37. The van der Waals surface area contributed by atoms with Crippen molar-refractivity contribution in [3.63, 3.8) is 0 Å². The second-order valence-electron chi connectivity index (χ2n) is 7.81. The van der Waals surface area contributed by atoms with E-state index in [2.05, 4.69) is 19.2 Å². The minimum atomic E-state index is -0.477. The standard InChI is InChI=1S/C26H23FN2O3/c1-16(2)17-9-13-21(14-10-17)29-25(30)23(18-7-11-19(27)12-8-18)24(26(29)31)28-20-5-4-6-22(15-20)32-3/h4-16,28H,1-3H3. The number of nitrogens with one attached hydrogen (secondary N) is 1. The van der Waals surface area contributed by atoms with Gasteiger partial charge in [-0.05, 0) is 53.4 Å². The largest absolute Gasteiger partial charge is 0.497 e. The van der Waals surface area contributed by atoms with Gasteiger partial charge in [0.1, 0.15) is 17.3 Å². The highest BCUT2D eigenvalue weighted by Gasteiger charge is 2.40. The summed E-state index contributed by atoms with van der Waals surface area (Å²) >= 11 is 0. The van der Waals surface area contributed by atoms with Crippen molar-refractivity contribution in [3.05, 3.63) is 95.4 Å². The van der Waals surface area contributed by atoms with Gasteiger partial charge in [0.25, 0.3) is 11.8 Å². The molecule has 0 atom stereocenters. The maximum Gasteiger partial charge on any atom is 0.282 e. The van der Waals surface area contributed by atoms with Crippen LogP contribution in [0.1, 0.15) is 30.9 Å². The first-order chi connectivity index (χ1) is 15.4. The first-order valence-corrected chi connectivity index (χ1v) is 10.3. The number of halogens is 1. The van der Waals surface area contributed by atoms with Crippen molar-refractivity contribution in [1.82, 2.24) is 0 Å². The van der Waals surface area contributed by atoms with Crippen LogP contribution in [0.4, 0.5) is 15.8 Å². The molecule has 0 saturated heterocycles. The van der Waals surface area contributed by atoms with Gasteiger partial charge in [0, 0.05) is 11.8 Å². The Morgan fingerprint density at radius 1 is 0.906 bits per heavy atom. The normalized spacial score (nSPS) is 13.8. The van der Waals surface area contributed by atoms with E-state index >= 15 is 0 Å². The molecule has 0 aromatic heterocycles. The summed E-state index contributed by atoms with van der Waals surface area (Å²) in [6.45, 7) is 4.15. The Hall–Kier alpha value is -3.93. The Morgan fingerprint density at radius 2 is 1.59 bits per heavy atom. The number of imide groups is 1. The minimum Gasteiger partial charge on any atom is -0.497 e. The Balaban J connectivity index is 1.78. The van der Waals surface area contributed by atoms with E-state index in [0.717, 1.165) is 10.5 Å². The number of hydrogen-bond acceptors (Lipinski definition) is 4. The molecule has 32 heavy (non-hydrogen) atoms. The number of anilines is 2. The van der Waals surface area contributed by atoms with E-state index in [1.54, 1.807) is 43.5 Å². The molecule has 0 saturated carbocycles. The van der Waals surface area contributed by atoms with Gasteiger partial charge < -0.3 is 10.1 Å². The van der Waals surface area contributed by atoms with Gasteiger partial charge in [0.2, 0.25) is 0 Å². The molecule has 1 heterocycles. The van der Waals surface area contributed by atoms with E-state index in [1.807, 2.05) is 12.1 Å². The van der Waals surface area contributed by atoms with Gasteiger partial charge in [-0.15, -0.1) is 0 Å². The Kier molecular flexibility index (Phi) is 5.77. The fraction of sp³-hybridized carbons (Fsp3) is 0.154. The maximum absolute atomic E-state index is 13.5. The zero-order valence-electron chi connectivity index (χ0n) is 18.1. The summed E-state index contributed by atoms with van der Waals surface area (Å²) < 4.78 is 18.8. The number of carbonyl (C=O) groups excluding carboxylic acids is 2. The summed E-state index contributed by atoms with van der Waals surface area (Å²) in [5, 5.41) is 3.08. The van der Waals surface area contributed by atoms with Gasteiger partial charge in [-0.25, -0.2) is 9.29 Å². The monoisotopic (exact) mass is 430 g/mol. The lowest BCUT2D eigenvalue weighted by Gasteiger charge is -2.16. The number of benzene rings is 3. The van der Waals surface area contributed by atoms with Gasteiger partial charge in [-0.2, -0.15) is 0 Å². The number of nitrogens with zero attached hydrogens (tertiary/aromatic N) is 1. The van der Waals surface area contributed by atoms with Crippen LogP contribution in [0.15, 0.2) is 78.5 Å². The summed E-state index contributed by atoms with van der Waals surface area (Å²) in [4.78, 5) is 28.0.